The molecule has 0 radical (unpaired) electrons. The van der Waals surface area contributed by atoms with Gasteiger partial charge in [-0.1, -0.05) is 0 Å². The van der Waals surface area contributed by atoms with Gasteiger partial charge in [0.05, 0.1) is 0 Å². The van der Waals surface area contributed by atoms with Gasteiger partial charge in [-0.3, -0.25) is 0 Å². The van der Waals surface area contributed by atoms with Crippen molar-refractivity contribution in [3.05, 3.63) is 24.0 Å². The fourth-order valence-electron chi connectivity index (χ4n) is 1.56. The Morgan fingerprint density at radius 1 is 1.64 bits per heavy atom. The SMILES string of the molecule is CC(Nc1ccnc(C#N)c1)C1CC1. The first-order valence-electron chi connectivity index (χ1n) is 4.92. The van der Waals surface area contributed by atoms with Crippen molar-refractivity contribution in [2.75, 3.05) is 5.32 Å². The molecule has 0 saturated heterocycles. The topological polar surface area (TPSA) is 48.7 Å². The summed E-state index contributed by atoms with van der Waals surface area (Å²) < 4.78 is 0. The molecule has 1 atom stereocenters. The highest BCUT2D eigenvalue weighted by Gasteiger charge is 2.27. The number of hydrogen-bond donors (Lipinski definition) is 1. The fraction of sp³-hybridized carbons (Fsp3) is 0.455. The number of nitrogens with one attached hydrogen (secondary N) is 1. The third-order valence-electron chi connectivity index (χ3n) is 2.60. The van der Waals surface area contributed by atoms with E-state index in [-0.39, 0.29) is 0 Å². The molecule has 0 aliphatic heterocycles. The average Bonchev–Trinajstić information content (AvgIpc) is 3.01. The summed E-state index contributed by atoms with van der Waals surface area (Å²) >= 11 is 0. The first kappa shape index (κ1) is 9.01. The van der Waals surface area contributed by atoms with Crippen molar-refractivity contribution in [2.45, 2.75) is 25.8 Å². The summed E-state index contributed by atoms with van der Waals surface area (Å²) in [6.45, 7) is 2.18. The molecule has 1 aromatic rings. The molecule has 1 N–H and O–H groups in total. The van der Waals surface area contributed by atoms with E-state index in [9.17, 15) is 0 Å². The molecule has 0 bridgehead atoms. The number of rotatable bonds is 3. The summed E-state index contributed by atoms with van der Waals surface area (Å²) in [5, 5.41) is 12.1. The second kappa shape index (κ2) is 3.67. The van der Waals surface area contributed by atoms with E-state index < -0.39 is 0 Å². The Bertz CT molecular complexity index is 363. The zero-order valence-electron chi connectivity index (χ0n) is 8.20. The Morgan fingerprint density at radius 3 is 3.07 bits per heavy atom. The molecule has 1 aliphatic rings. The van der Waals surface area contributed by atoms with E-state index >= 15 is 0 Å². The Kier molecular flexibility index (Phi) is 2.36. The number of nitrogens with zero attached hydrogens (tertiary/aromatic N) is 2. The molecule has 2 rings (SSSR count). The minimum absolute atomic E-state index is 0.470. The van der Waals surface area contributed by atoms with Crippen LogP contribution in [0, 0.1) is 17.2 Å². The molecule has 1 saturated carbocycles. The van der Waals surface area contributed by atoms with Crippen molar-refractivity contribution in [3.8, 4) is 6.07 Å². The molecule has 1 fully saturated rings. The second-order valence-corrected chi connectivity index (χ2v) is 3.81. The van der Waals surface area contributed by atoms with Crippen LogP contribution in [0.5, 0.6) is 0 Å². The predicted octanol–water partition coefficient (Wildman–Crippen LogP) is 2.16. The van der Waals surface area contributed by atoms with E-state index in [4.69, 9.17) is 5.26 Å². The van der Waals surface area contributed by atoms with Gasteiger partial charge in [0.2, 0.25) is 0 Å². The van der Waals surface area contributed by atoms with Crippen molar-refractivity contribution in [1.82, 2.24) is 4.98 Å². The molecule has 3 nitrogen and oxygen atoms in total. The van der Waals surface area contributed by atoms with Gasteiger partial charge in [0.25, 0.3) is 0 Å². The number of hydrogen-bond acceptors (Lipinski definition) is 3. The molecule has 1 unspecified atom stereocenters. The highest BCUT2D eigenvalue weighted by atomic mass is 14.9. The minimum Gasteiger partial charge on any atom is -0.382 e. The van der Waals surface area contributed by atoms with Gasteiger partial charge in [-0.2, -0.15) is 5.26 Å². The van der Waals surface area contributed by atoms with Gasteiger partial charge in [0, 0.05) is 17.9 Å². The van der Waals surface area contributed by atoms with Crippen molar-refractivity contribution < 1.29 is 0 Å². The van der Waals surface area contributed by atoms with Crippen LogP contribution in [0.15, 0.2) is 18.3 Å². The summed E-state index contributed by atoms with van der Waals surface area (Å²) in [4.78, 5) is 3.92. The van der Waals surface area contributed by atoms with E-state index in [1.165, 1.54) is 12.8 Å². The standard InChI is InChI=1S/C11H13N3/c1-8(9-2-3-9)14-10-4-5-13-11(6-10)7-12/h4-6,8-9H,2-3H2,1H3,(H,13,14). The maximum absolute atomic E-state index is 8.68. The highest BCUT2D eigenvalue weighted by molar-refractivity contribution is 5.46. The molecule has 0 amide bonds. The van der Waals surface area contributed by atoms with Gasteiger partial charge in [-0.05, 0) is 37.8 Å². The first-order valence-corrected chi connectivity index (χ1v) is 4.92. The first-order chi connectivity index (χ1) is 6.79. The van der Waals surface area contributed by atoms with Crippen LogP contribution in [0.4, 0.5) is 5.69 Å². The largest absolute Gasteiger partial charge is 0.382 e. The molecular weight excluding hydrogens is 174 g/mol. The van der Waals surface area contributed by atoms with Gasteiger partial charge < -0.3 is 5.32 Å². The molecule has 0 spiro atoms. The van der Waals surface area contributed by atoms with Crippen molar-refractivity contribution >= 4 is 5.69 Å². The molecule has 1 aliphatic carbocycles. The number of anilines is 1. The Hall–Kier alpha value is -1.56. The maximum atomic E-state index is 8.68. The minimum atomic E-state index is 0.470. The van der Waals surface area contributed by atoms with Gasteiger partial charge in [-0.25, -0.2) is 4.98 Å². The number of aromatic nitrogens is 1. The van der Waals surface area contributed by atoms with Crippen LogP contribution in [0.25, 0.3) is 0 Å². The lowest BCUT2D eigenvalue weighted by Gasteiger charge is -2.13. The summed E-state index contributed by atoms with van der Waals surface area (Å²) in [6.07, 6.45) is 4.31. The Labute approximate surface area is 83.8 Å². The second-order valence-electron chi connectivity index (χ2n) is 3.81. The average molecular weight is 187 g/mol. The van der Waals surface area contributed by atoms with Crippen LogP contribution >= 0.6 is 0 Å². The van der Waals surface area contributed by atoms with Crippen molar-refractivity contribution in [3.63, 3.8) is 0 Å². The molecule has 14 heavy (non-hydrogen) atoms. The van der Waals surface area contributed by atoms with Gasteiger partial charge in [0.1, 0.15) is 11.8 Å². The van der Waals surface area contributed by atoms with Crippen LogP contribution in [0.1, 0.15) is 25.5 Å². The van der Waals surface area contributed by atoms with Crippen LogP contribution in [-0.2, 0) is 0 Å². The van der Waals surface area contributed by atoms with E-state index in [0.29, 0.717) is 11.7 Å². The van der Waals surface area contributed by atoms with Crippen molar-refractivity contribution in [2.24, 2.45) is 5.92 Å². The van der Waals surface area contributed by atoms with E-state index in [0.717, 1.165) is 11.6 Å². The maximum Gasteiger partial charge on any atom is 0.142 e. The molecule has 72 valence electrons. The van der Waals surface area contributed by atoms with Gasteiger partial charge >= 0.3 is 0 Å². The third-order valence-corrected chi connectivity index (χ3v) is 2.60. The zero-order valence-corrected chi connectivity index (χ0v) is 8.20. The summed E-state index contributed by atoms with van der Waals surface area (Å²) in [7, 11) is 0. The molecular formula is C11H13N3. The predicted molar refractivity (Wildman–Crippen MR) is 54.8 cm³/mol. The van der Waals surface area contributed by atoms with Crippen LogP contribution in [0.3, 0.4) is 0 Å². The summed E-state index contributed by atoms with van der Waals surface area (Å²) in [5.41, 5.74) is 1.47. The Balaban J connectivity index is 2.04. The normalized spacial score (nSPS) is 17.1. The van der Waals surface area contributed by atoms with E-state index in [1.54, 1.807) is 12.3 Å². The lowest BCUT2D eigenvalue weighted by Crippen LogP contribution is -2.17. The lowest BCUT2D eigenvalue weighted by molar-refractivity contribution is 0.694. The molecule has 1 aromatic heterocycles. The quantitative estimate of drug-likeness (QED) is 0.788. The highest BCUT2D eigenvalue weighted by Crippen LogP contribution is 2.33. The smallest absolute Gasteiger partial charge is 0.142 e. The number of nitriles is 1. The molecule has 1 heterocycles. The van der Waals surface area contributed by atoms with Gasteiger partial charge in [0.15, 0.2) is 0 Å². The summed E-state index contributed by atoms with van der Waals surface area (Å²) in [6, 6.07) is 6.23. The van der Waals surface area contributed by atoms with Crippen LogP contribution in [0.2, 0.25) is 0 Å². The molecule has 3 heteroatoms. The zero-order chi connectivity index (χ0) is 9.97. The monoisotopic (exact) mass is 187 g/mol. The van der Waals surface area contributed by atoms with E-state index in [1.807, 2.05) is 12.1 Å². The van der Waals surface area contributed by atoms with Gasteiger partial charge in [-0.15, -0.1) is 0 Å². The fourth-order valence-corrected chi connectivity index (χ4v) is 1.56. The third kappa shape index (κ3) is 2.02. The number of pyridine rings is 1. The summed E-state index contributed by atoms with van der Waals surface area (Å²) in [5.74, 6) is 0.814. The van der Waals surface area contributed by atoms with Crippen molar-refractivity contribution in [1.29, 1.82) is 5.26 Å². The Morgan fingerprint density at radius 2 is 2.43 bits per heavy atom. The lowest BCUT2D eigenvalue weighted by atomic mass is 10.2. The van der Waals surface area contributed by atoms with Crippen LogP contribution < -0.4 is 5.32 Å². The molecule has 0 aromatic carbocycles. The van der Waals surface area contributed by atoms with Crippen LogP contribution in [-0.4, -0.2) is 11.0 Å². The van der Waals surface area contributed by atoms with E-state index in [2.05, 4.69) is 17.2 Å².